The summed E-state index contributed by atoms with van der Waals surface area (Å²) in [6, 6.07) is 12.4. The molecule has 180 valence electrons. The second-order valence-electron chi connectivity index (χ2n) is 8.14. The SMILES string of the molecule is CCN(CC)C(CNC(=O)C1CCN(S(=O)(=O)c2ccc(F)cc2)CC1)c1ccccc1Cl. The molecule has 1 amide bonds. The van der Waals surface area contributed by atoms with Gasteiger partial charge in [0.1, 0.15) is 5.82 Å². The van der Waals surface area contributed by atoms with E-state index >= 15 is 0 Å². The zero-order valence-electron chi connectivity index (χ0n) is 19.0. The van der Waals surface area contributed by atoms with E-state index in [4.69, 9.17) is 11.6 Å². The fourth-order valence-electron chi connectivity index (χ4n) is 4.30. The van der Waals surface area contributed by atoms with Crippen molar-refractivity contribution in [3.05, 3.63) is 64.9 Å². The number of nitrogens with one attached hydrogen (secondary N) is 1. The van der Waals surface area contributed by atoms with E-state index in [1.54, 1.807) is 0 Å². The zero-order chi connectivity index (χ0) is 24.0. The van der Waals surface area contributed by atoms with Gasteiger partial charge in [0, 0.05) is 30.6 Å². The smallest absolute Gasteiger partial charge is 0.243 e. The molecule has 1 unspecified atom stereocenters. The number of likely N-dealkylation sites (N-methyl/N-ethyl adjacent to an activating group) is 1. The summed E-state index contributed by atoms with van der Waals surface area (Å²) in [7, 11) is -3.70. The maximum atomic E-state index is 13.1. The molecule has 2 aromatic carbocycles. The van der Waals surface area contributed by atoms with E-state index in [0.29, 0.717) is 24.4 Å². The number of carbonyl (C=O) groups is 1. The normalized spacial score (nSPS) is 16.6. The molecule has 1 atom stereocenters. The fraction of sp³-hybridized carbons (Fsp3) is 0.458. The summed E-state index contributed by atoms with van der Waals surface area (Å²) in [5.41, 5.74) is 0.975. The van der Waals surface area contributed by atoms with E-state index in [-0.39, 0.29) is 35.9 Å². The van der Waals surface area contributed by atoms with Gasteiger partial charge in [0.2, 0.25) is 15.9 Å². The number of carbonyl (C=O) groups excluding carboxylic acids is 1. The van der Waals surface area contributed by atoms with Crippen LogP contribution in [0.3, 0.4) is 0 Å². The van der Waals surface area contributed by atoms with Crippen LogP contribution in [0.2, 0.25) is 5.02 Å². The third-order valence-electron chi connectivity index (χ3n) is 6.26. The average molecular weight is 496 g/mol. The molecule has 2 aromatic rings. The molecule has 0 spiro atoms. The number of hydrogen-bond donors (Lipinski definition) is 1. The highest BCUT2D eigenvalue weighted by Gasteiger charge is 2.32. The molecule has 6 nitrogen and oxygen atoms in total. The predicted octanol–water partition coefficient (Wildman–Crippen LogP) is 4.08. The van der Waals surface area contributed by atoms with E-state index < -0.39 is 15.8 Å². The van der Waals surface area contributed by atoms with Gasteiger partial charge in [0.25, 0.3) is 0 Å². The number of amides is 1. The Morgan fingerprint density at radius 1 is 1.12 bits per heavy atom. The predicted molar refractivity (Wildman–Crippen MR) is 128 cm³/mol. The minimum Gasteiger partial charge on any atom is -0.354 e. The first-order chi connectivity index (χ1) is 15.8. The summed E-state index contributed by atoms with van der Waals surface area (Å²) in [4.78, 5) is 15.2. The van der Waals surface area contributed by atoms with E-state index in [9.17, 15) is 17.6 Å². The Kier molecular flexibility index (Phi) is 8.87. The quantitative estimate of drug-likeness (QED) is 0.569. The molecule has 33 heavy (non-hydrogen) atoms. The van der Waals surface area contributed by atoms with Crippen molar-refractivity contribution in [1.82, 2.24) is 14.5 Å². The van der Waals surface area contributed by atoms with Crippen LogP contribution in [0, 0.1) is 11.7 Å². The van der Waals surface area contributed by atoms with Crippen molar-refractivity contribution in [2.75, 3.05) is 32.7 Å². The summed E-state index contributed by atoms with van der Waals surface area (Å²) >= 11 is 6.44. The summed E-state index contributed by atoms with van der Waals surface area (Å²) in [5, 5.41) is 3.74. The number of nitrogens with zero attached hydrogens (tertiary/aromatic N) is 2. The summed E-state index contributed by atoms with van der Waals surface area (Å²) in [6.45, 7) is 6.73. The van der Waals surface area contributed by atoms with Gasteiger partial charge in [-0.2, -0.15) is 4.31 Å². The van der Waals surface area contributed by atoms with Gasteiger partial charge < -0.3 is 5.32 Å². The van der Waals surface area contributed by atoms with Crippen molar-refractivity contribution in [1.29, 1.82) is 0 Å². The summed E-state index contributed by atoms with van der Waals surface area (Å²) < 4.78 is 40.1. The summed E-state index contributed by atoms with van der Waals surface area (Å²) in [6.07, 6.45) is 0.878. The number of benzene rings is 2. The van der Waals surface area contributed by atoms with Crippen LogP contribution >= 0.6 is 11.6 Å². The van der Waals surface area contributed by atoms with E-state index in [0.717, 1.165) is 30.8 Å². The molecule has 1 aliphatic rings. The highest BCUT2D eigenvalue weighted by molar-refractivity contribution is 7.89. The largest absolute Gasteiger partial charge is 0.354 e. The average Bonchev–Trinajstić information content (AvgIpc) is 2.82. The number of piperidine rings is 1. The minimum absolute atomic E-state index is 0.0448. The minimum atomic E-state index is -3.70. The molecule has 1 heterocycles. The lowest BCUT2D eigenvalue weighted by atomic mass is 9.97. The monoisotopic (exact) mass is 495 g/mol. The van der Waals surface area contributed by atoms with Crippen molar-refractivity contribution in [2.45, 2.75) is 37.6 Å². The Morgan fingerprint density at radius 2 is 1.73 bits per heavy atom. The van der Waals surface area contributed by atoms with Gasteiger partial charge in [-0.25, -0.2) is 12.8 Å². The van der Waals surface area contributed by atoms with Crippen LogP contribution in [-0.4, -0.2) is 56.3 Å². The molecule has 1 aliphatic heterocycles. The highest BCUT2D eigenvalue weighted by atomic mass is 35.5. The zero-order valence-corrected chi connectivity index (χ0v) is 20.6. The maximum absolute atomic E-state index is 13.1. The summed E-state index contributed by atoms with van der Waals surface area (Å²) in [5.74, 6) is -0.810. The molecule has 9 heteroatoms. The Bertz CT molecular complexity index is 1040. The van der Waals surface area contributed by atoms with Gasteiger partial charge in [0.15, 0.2) is 0 Å². The molecular formula is C24H31ClFN3O3S. The van der Waals surface area contributed by atoms with Gasteiger partial charge in [-0.15, -0.1) is 0 Å². The first kappa shape index (κ1) is 25.6. The van der Waals surface area contributed by atoms with Crippen LogP contribution in [0.4, 0.5) is 4.39 Å². The molecule has 1 N–H and O–H groups in total. The van der Waals surface area contributed by atoms with Crippen LogP contribution in [0.1, 0.15) is 38.3 Å². The lowest BCUT2D eigenvalue weighted by molar-refractivity contribution is -0.126. The number of rotatable bonds is 9. The molecular weight excluding hydrogens is 465 g/mol. The highest BCUT2D eigenvalue weighted by Crippen LogP contribution is 2.28. The molecule has 0 saturated carbocycles. The van der Waals surface area contributed by atoms with Crippen LogP contribution in [0.15, 0.2) is 53.4 Å². The van der Waals surface area contributed by atoms with Gasteiger partial charge >= 0.3 is 0 Å². The Hall–Kier alpha value is -2.00. The third kappa shape index (κ3) is 6.12. The number of hydrogen-bond acceptors (Lipinski definition) is 4. The van der Waals surface area contributed by atoms with Crippen LogP contribution in [0.5, 0.6) is 0 Å². The first-order valence-corrected chi connectivity index (χ1v) is 13.1. The van der Waals surface area contributed by atoms with Crippen LogP contribution in [0.25, 0.3) is 0 Å². The van der Waals surface area contributed by atoms with Crippen molar-refractivity contribution >= 4 is 27.5 Å². The van der Waals surface area contributed by atoms with Crippen molar-refractivity contribution in [2.24, 2.45) is 5.92 Å². The van der Waals surface area contributed by atoms with E-state index in [2.05, 4.69) is 24.1 Å². The van der Waals surface area contributed by atoms with Gasteiger partial charge in [-0.05, 0) is 61.8 Å². The molecule has 0 radical (unpaired) electrons. The van der Waals surface area contributed by atoms with Crippen LogP contribution < -0.4 is 5.32 Å². The molecule has 0 aromatic heterocycles. The molecule has 1 fully saturated rings. The number of halogens is 2. The van der Waals surface area contributed by atoms with Crippen molar-refractivity contribution < 1.29 is 17.6 Å². The first-order valence-electron chi connectivity index (χ1n) is 11.3. The fourth-order valence-corrected chi connectivity index (χ4v) is 6.03. The van der Waals surface area contributed by atoms with Gasteiger partial charge in [0.05, 0.1) is 10.9 Å². The third-order valence-corrected chi connectivity index (χ3v) is 8.52. The van der Waals surface area contributed by atoms with Crippen LogP contribution in [-0.2, 0) is 14.8 Å². The lowest BCUT2D eigenvalue weighted by Gasteiger charge is -2.33. The van der Waals surface area contributed by atoms with Crippen molar-refractivity contribution in [3.8, 4) is 0 Å². The second-order valence-corrected chi connectivity index (χ2v) is 10.5. The topological polar surface area (TPSA) is 69.7 Å². The Balaban J connectivity index is 1.61. The van der Waals surface area contributed by atoms with Gasteiger partial charge in [-0.3, -0.25) is 9.69 Å². The second kappa shape index (κ2) is 11.4. The number of sulfonamides is 1. The Labute approximate surface area is 200 Å². The molecule has 1 saturated heterocycles. The molecule has 3 rings (SSSR count). The van der Waals surface area contributed by atoms with E-state index in [1.807, 2.05) is 24.3 Å². The van der Waals surface area contributed by atoms with E-state index in [1.165, 1.54) is 16.4 Å². The molecule has 0 aliphatic carbocycles. The van der Waals surface area contributed by atoms with Crippen molar-refractivity contribution in [3.63, 3.8) is 0 Å². The lowest BCUT2D eigenvalue weighted by Crippen LogP contribution is -2.45. The maximum Gasteiger partial charge on any atom is 0.243 e. The Morgan fingerprint density at radius 3 is 2.30 bits per heavy atom. The standard InChI is InChI=1S/C24H31ClFN3O3S/c1-3-28(4-2)23(21-7-5-6-8-22(21)25)17-27-24(30)18-13-15-29(16-14-18)33(31,32)20-11-9-19(26)10-12-20/h5-12,18,23H,3-4,13-17H2,1-2H3,(H,27,30). The molecule has 0 bridgehead atoms. The van der Waals surface area contributed by atoms with Gasteiger partial charge in [-0.1, -0.05) is 43.6 Å².